The number of ketones is 1. The number of hydrogen-bond donors (Lipinski definition) is 2. The van der Waals surface area contributed by atoms with E-state index in [2.05, 4.69) is 10.6 Å². The van der Waals surface area contributed by atoms with E-state index in [0.29, 0.717) is 45.1 Å². The van der Waals surface area contributed by atoms with Crippen LogP contribution in [0.2, 0.25) is 0 Å². The van der Waals surface area contributed by atoms with Gasteiger partial charge in [0.05, 0.1) is 0 Å². The maximum atomic E-state index is 14.2. The fourth-order valence-electron chi connectivity index (χ4n) is 6.61. The Balaban J connectivity index is 1.48. The Bertz CT molecular complexity index is 1300. The second-order valence-electron chi connectivity index (χ2n) is 11.8. The Morgan fingerprint density at radius 3 is 2.17 bits per heavy atom. The van der Waals surface area contributed by atoms with Gasteiger partial charge in [-0.1, -0.05) is 67.6 Å². The molecule has 2 N–H and O–H groups in total. The van der Waals surface area contributed by atoms with Crippen LogP contribution in [-0.4, -0.2) is 76.5 Å². The monoisotopic (exact) mass is 572 g/mol. The summed E-state index contributed by atoms with van der Waals surface area (Å²) in [5, 5.41) is 6.02. The first-order valence-corrected chi connectivity index (χ1v) is 15.1. The second kappa shape index (κ2) is 13.3. The number of amides is 4. The minimum atomic E-state index is -0.890. The van der Waals surface area contributed by atoms with Gasteiger partial charge in [0.25, 0.3) is 0 Å². The molecule has 0 bridgehead atoms. The van der Waals surface area contributed by atoms with Crippen molar-refractivity contribution < 1.29 is 24.0 Å². The Hall–Kier alpha value is -4.01. The third-order valence-electron chi connectivity index (χ3n) is 8.72. The molecule has 9 heteroatoms. The number of nitrogens with one attached hydrogen (secondary N) is 2. The van der Waals surface area contributed by atoms with Gasteiger partial charge in [0, 0.05) is 44.8 Å². The second-order valence-corrected chi connectivity index (χ2v) is 11.8. The molecular formula is C33H40N4O5. The number of nitrogens with zero attached hydrogens (tertiary/aromatic N) is 2. The molecule has 42 heavy (non-hydrogen) atoms. The fraction of sp³-hybridized carbons (Fsp3) is 0.485. The number of carbonyl (C=O) groups is 5. The van der Waals surface area contributed by atoms with Crippen LogP contribution in [0, 0.1) is 5.92 Å². The maximum absolute atomic E-state index is 14.2. The standard InChI is InChI=1S/C33H40N4O5/c1-2-26(38)17-24-19-29-33(42)36-15-9-14-28(36)31(40)34-25(16-22-10-5-3-6-11-22)20-30(39)35-27(32(41)37(29)21-24)18-23-12-7-4-8-13-23/h3-8,10-13,24-25,27-29H,2,9,14-21H2,1H3,(H,34,40)(H,35,39)/t24-,25+,27+,28+,29+/m1/s1. The predicted octanol–water partition coefficient (Wildman–Crippen LogP) is 2.42. The van der Waals surface area contributed by atoms with Crippen LogP contribution in [0.3, 0.4) is 0 Å². The third kappa shape index (κ3) is 6.89. The van der Waals surface area contributed by atoms with Crippen LogP contribution in [-0.2, 0) is 36.8 Å². The molecular weight excluding hydrogens is 532 g/mol. The minimum Gasteiger partial charge on any atom is -0.351 e. The van der Waals surface area contributed by atoms with E-state index in [0.717, 1.165) is 11.1 Å². The highest BCUT2D eigenvalue weighted by Gasteiger charge is 2.47. The first kappa shape index (κ1) is 29.5. The SMILES string of the molecule is CCC(=O)C[C@@H]1C[C@H]2C(=O)N3CCC[C@H]3C(=O)N[C@@H](Cc3ccccc3)CC(=O)N[C@@H](Cc3ccccc3)C(=O)N2C1. The molecule has 0 aliphatic carbocycles. The number of rotatable bonds is 7. The maximum Gasteiger partial charge on any atom is 0.246 e. The summed E-state index contributed by atoms with van der Waals surface area (Å²) in [6.07, 6.45) is 2.97. The molecule has 3 saturated heterocycles. The number of benzene rings is 2. The number of hydrogen-bond acceptors (Lipinski definition) is 5. The highest BCUT2D eigenvalue weighted by atomic mass is 16.2. The van der Waals surface area contributed by atoms with Gasteiger partial charge in [-0.15, -0.1) is 0 Å². The van der Waals surface area contributed by atoms with Crippen molar-refractivity contribution in [3.63, 3.8) is 0 Å². The van der Waals surface area contributed by atoms with Gasteiger partial charge >= 0.3 is 0 Å². The molecule has 3 aliphatic rings. The summed E-state index contributed by atoms with van der Waals surface area (Å²) >= 11 is 0. The predicted molar refractivity (Wildman–Crippen MR) is 157 cm³/mol. The lowest BCUT2D eigenvalue weighted by atomic mass is 9.97. The molecule has 0 radical (unpaired) electrons. The average Bonchev–Trinajstić information content (AvgIpc) is 3.64. The van der Waals surface area contributed by atoms with Gasteiger partial charge < -0.3 is 20.4 Å². The van der Waals surface area contributed by atoms with Gasteiger partial charge in [0.2, 0.25) is 23.6 Å². The van der Waals surface area contributed by atoms with Crippen molar-refractivity contribution in [2.45, 2.75) is 82.5 Å². The Kier molecular flexibility index (Phi) is 9.35. The van der Waals surface area contributed by atoms with E-state index < -0.39 is 24.2 Å². The summed E-state index contributed by atoms with van der Waals surface area (Å²) < 4.78 is 0. The lowest BCUT2D eigenvalue weighted by Gasteiger charge is -2.32. The normalized spacial score (nSPS) is 26.8. The molecule has 0 unspecified atom stereocenters. The molecule has 222 valence electrons. The average molecular weight is 573 g/mol. The van der Waals surface area contributed by atoms with E-state index in [1.54, 1.807) is 9.80 Å². The van der Waals surface area contributed by atoms with E-state index in [1.165, 1.54) is 0 Å². The molecule has 9 nitrogen and oxygen atoms in total. The largest absolute Gasteiger partial charge is 0.351 e. The highest BCUT2D eigenvalue weighted by Crippen LogP contribution is 2.31. The Morgan fingerprint density at radius 2 is 1.50 bits per heavy atom. The smallest absolute Gasteiger partial charge is 0.246 e. The van der Waals surface area contributed by atoms with Crippen LogP contribution >= 0.6 is 0 Å². The van der Waals surface area contributed by atoms with Gasteiger partial charge in [0.1, 0.15) is 23.9 Å². The van der Waals surface area contributed by atoms with Crippen molar-refractivity contribution in [3.8, 4) is 0 Å². The molecule has 0 saturated carbocycles. The lowest BCUT2D eigenvalue weighted by molar-refractivity contribution is -0.147. The molecule has 4 amide bonds. The zero-order valence-electron chi connectivity index (χ0n) is 24.2. The molecule has 2 aromatic rings. The van der Waals surface area contributed by atoms with Gasteiger partial charge in [-0.2, -0.15) is 0 Å². The van der Waals surface area contributed by atoms with Crippen molar-refractivity contribution in [2.75, 3.05) is 13.1 Å². The Morgan fingerprint density at radius 1 is 0.833 bits per heavy atom. The van der Waals surface area contributed by atoms with Crippen molar-refractivity contribution in [3.05, 3.63) is 71.8 Å². The van der Waals surface area contributed by atoms with Crippen molar-refractivity contribution in [2.24, 2.45) is 5.92 Å². The van der Waals surface area contributed by atoms with Crippen LogP contribution in [0.15, 0.2) is 60.7 Å². The van der Waals surface area contributed by atoms with Crippen molar-refractivity contribution in [1.82, 2.24) is 20.4 Å². The summed E-state index contributed by atoms with van der Waals surface area (Å²) in [6, 6.07) is 16.3. The third-order valence-corrected chi connectivity index (χ3v) is 8.72. The first-order valence-electron chi connectivity index (χ1n) is 15.1. The summed E-state index contributed by atoms with van der Waals surface area (Å²) in [7, 11) is 0. The fourth-order valence-corrected chi connectivity index (χ4v) is 6.61. The van der Waals surface area contributed by atoms with E-state index in [9.17, 15) is 24.0 Å². The topological polar surface area (TPSA) is 116 Å². The van der Waals surface area contributed by atoms with Gasteiger partial charge in [-0.3, -0.25) is 24.0 Å². The Labute approximate surface area is 247 Å². The van der Waals surface area contributed by atoms with Crippen LogP contribution < -0.4 is 10.6 Å². The lowest BCUT2D eigenvalue weighted by Crippen LogP contribution is -2.56. The molecule has 2 aromatic carbocycles. The first-order chi connectivity index (χ1) is 20.3. The van der Waals surface area contributed by atoms with Gasteiger partial charge in [-0.05, 0) is 42.7 Å². The van der Waals surface area contributed by atoms with Crippen molar-refractivity contribution >= 4 is 29.4 Å². The van der Waals surface area contributed by atoms with Gasteiger partial charge in [-0.25, -0.2) is 0 Å². The summed E-state index contributed by atoms with van der Waals surface area (Å²) in [6.45, 7) is 2.51. The number of fused-ring (bicyclic) bond motifs is 2. The summed E-state index contributed by atoms with van der Waals surface area (Å²) in [5.74, 6) is -1.26. The molecule has 3 heterocycles. The van der Waals surface area contributed by atoms with E-state index in [4.69, 9.17) is 0 Å². The van der Waals surface area contributed by atoms with Crippen LogP contribution in [0.25, 0.3) is 0 Å². The highest BCUT2D eigenvalue weighted by molar-refractivity contribution is 5.96. The zero-order valence-corrected chi connectivity index (χ0v) is 24.2. The van der Waals surface area contributed by atoms with E-state index in [-0.39, 0.29) is 54.7 Å². The van der Waals surface area contributed by atoms with Gasteiger partial charge in [0.15, 0.2) is 0 Å². The van der Waals surface area contributed by atoms with Crippen molar-refractivity contribution in [1.29, 1.82) is 0 Å². The molecule has 3 aliphatic heterocycles. The quantitative estimate of drug-likeness (QED) is 0.529. The molecule has 5 atom stereocenters. The van der Waals surface area contributed by atoms with Crippen LogP contribution in [0.4, 0.5) is 0 Å². The van der Waals surface area contributed by atoms with Crippen LogP contribution in [0.1, 0.15) is 56.6 Å². The molecule has 3 fully saturated rings. The van der Waals surface area contributed by atoms with Crippen LogP contribution in [0.5, 0.6) is 0 Å². The zero-order chi connectivity index (χ0) is 29.6. The van der Waals surface area contributed by atoms with E-state index >= 15 is 0 Å². The molecule has 0 aromatic heterocycles. The number of Topliss-reactive ketones (excluding diaryl/α,β-unsaturated/α-hetero) is 1. The summed E-state index contributed by atoms with van der Waals surface area (Å²) in [5.41, 5.74) is 1.86. The molecule has 5 rings (SSSR count). The minimum absolute atomic E-state index is 0.00305. The number of carbonyl (C=O) groups excluding carboxylic acids is 5. The summed E-state index contributed by atoms with van der Waals surface area (Å²) in [4.78, 5) is 70.9. The van der Waals surface area contributed by atoms with E-state index in [1.807, 2.05) is 67.6 Å². The molecule has 0 spiro atoms.